The van der Waals surface area contributed by atoms with Crippen molar-refractivity contribution in [3.8, 4) is 17.1 Å². The second kappa shape index (κ2) is 8.85. The number of benzene rings is 4. The number of aliphatic hydroxyl groups is 1. The lowest BCUT2D eigenvalue weighted by molar-refractivity contribution is 0.0781. The highest BCUT2D eigenvalue weighted by Crippen LogP contribution is 2.37. The van der Waals surface area contributed by atoms with Gasteiger partial charge in [-0.3, -0.25) is 0 Å². The molecule has 4 aromatic carbocycles. The highest BCUT2D eigenvalue weighted by atomic mass is 16.5. The van der Waals surface area contributed by atoms with Crippen LogP contribution in [0.1, 0.15) is 16.8 Å². The number of fused-ring (bicyclic) bond motifs is 1. The molecule has 1 atom stereocenters. The van der Waals surface area contributed by atoms with Crippen molar-refractivity contribution in [2.24, 2.45) is 0 Å². The summed E-state index contributed by atoms with van der Waals surface area (Å²) in [5, 5.41) is 13.2. The lowest BCUT2D eigenvalue weighted by atomic mass is 9.82. The Kier molecular flexibility index (Phi) is 5.59. The molecule has 0 amide bonds. The summed E-state index contributed by atoms with van der Waals surface area (Å²) < 4.78 is 5.35. The van der Waals surface area contributed by atoms with E-state index in [-0.39, 0.29) is 0 Å². The van der Waals surface area contributed by atoms with Gasteiger partial charge in [0.15, 0.2) is 5.82 Å². The minimum atomic E-state index is -1.38. The third-order valence-electron chi connectivity index (χ3n) is 5.90. The lowest BCUT2D eigenvalue weighted by Crippen LogP contribution is -2.32. The van der Waals surface area contributed by atoms with Crippen molar-refractivity contribution in [3.05, 3.63) is 126 Å². The van der Waals surface area contributed by atoms with E-state index in [4.69, 9.17) is 14.7 Å². The lowest BCUT2D eigenvalue weighted by Gasteiger charge is -2.30. The summed E-state index contributed by atoms with van der Waals surface area (Å²) in [7, 11) is 1.63. The normalized spacial score (nSPS) is 12.9. The van der Waals surface area contributed by atoms with Crippen LogP contribution in [0.25, 0.3) is 22.3 Å². The van der Waals surface area contributed by atoms with E-state index >= 15 is 0 Å². The van der Waals surface area contributed by atoms with Gasteiger partial charge in [0.1, 0.15) is 11.4 Å². The molecule has 0 radical (unpaired) electrons. The number of nitrogens with zero attached hydrogens (tertiary/aromatic N) is 2. The maximum atomic E-state index is 12.4. The molecule has 1 aromatic heterocycles. The Morgan fingerprint density at radius 2 is 1.36 bits per heavy atom. The molecular formula is C29H24N2O2. The first-order valence-corrected chi connectivity index (χ1v) is 10.9. The smallest absolute Gasteiger partial charge is 0.160 e. The molecule has 0 fully saturated rings. The summed E-state index contributed by atoms with van der Waals surface area (Å²) >= 11 is 0. The summed E-state index contributed by atoms with van der Waals surface area (Å²) in [6.45, 7) is 0. The van der Waals surface area contributed by atoms with Crippen molar-refractivity contribution < 1.29 is 9.84 Å². The first kappa shape index (κ1) is 20.9. The van der Waals surface area contributed by atoms with Crippen LogP contribution in [-0.2, 0) is 12.0 Å². The highest BCUT2D eigenvalue weighted by molar-refractivity contribution is 5.84. The van der Waals surface area contributed by atoms with E-state index in [1.54, 1.807) is 7.11 Å². The fourth-order valence-corrected chi connectivity index (χ4v) is 4.19. The van der Waals surface area contributed by atoms with Crippen molar-refractivity contribution >= 4 is 10.9 Å². The molecule has 0 saturated carbocycles. The van der Waals surface area contributed by atoms with Gasteiger partial charge in [0.25, 0.3) is 0 Å². The van der Waals surface area contributed by atoms with Gasteiger partial charge in [0.2, 0.25) is 0 Å². The largest absolute Gasteiger partial charge is 0.497 e. The summed E-state index contributed by atoms with van der Waals surface area (Å²) in [6.07, 6.45) is 0.370. The van der Waals surface area contributed by atoms with Gasteiger partial charge in [-0.25, -0.2) is 9.97 Å². The molecule has 162 valence electrons. The molecule has 33 heavy (non-hydrogen) atoms. The van der Waals surface area contributed by atoms with Crippen LogP contribution in [0.3, 0.4) is 0 Å². The van der Waals surface area contributed by atoms with E-state index in [0.717, 1.165) is 33.3 Å². The quantitative estimate of drug-likeness (QED) is 0.369. The molecule has 5 aromatic rings. The molecule has 4 nitrogen and oxygen atoms in total. The van der Waals surface area contributed by atoms with Crippen LogP contribution in [0, 0.1) is 0 Å². The summed E-state index contributed by atoms with van der Waals surface area (Å²) in [5.41, 5.74) is 2.66. The Hall–Kier alpha value is -4.02. The van der Waals surface area contributed by atoms with Crippen molar-refractivity contribution in [1.82, 2.24) is 9.97 Å². The van der Waals surface area contributed by atoms with Crippen LogP contribution in [-0.4, -0.2) is 22.2 Å². The number of ether oxygens (including phenoxy) is 1. The van der Waals surface area contributed by atoms with Gasteiger partial charge in [-0.2, -0.15) is 0 Å². The van der Waals surface area contributed by atoms with Gasteiger partial charge in [-0.05, 0) is 29.3 Å². The second-order valence-electron chi connectivity index (χ2n) is 8.03. The van der Waals surface area contributed by atoms with Gasteiger partial charge in [-0.1, -0.05) is 91.0 Å². The Morgan fingerprint density at radius 1 is 0.727 bits per heavy atom. The summed E-state index contributed by atoms with van der Waals surface area (Å²) in [5.74, 6) is 1.32. The Morgan fingerprint density at radius 3 is 2.06 bits per heavy atom. The van der Waals surface area contributed by atoms with E-state index in [0.29, 0.717) is 17.9 Å². The molecule has 0 spiro atoms. The van der Waals surface area contributed by atoms with Gasteiger partial charge in [0, 0.05) is 17.4 Å². The minimum Gasteiger partial charge on any atom is -0.497 e. The maximum absolute atomic E-state index is 12.4. The zero-order chi connectivity index (χ0) is 22.7. The predicted molar refractivity (Wildman–Crippen MR) is 131 cm³/mol. The molecule has 1 heterocycles. The molecule has 0 bridgehead atoms. The van der Waals surface area contributed by atoms with Crippen LogP contribution >= 0.6 is 0 Å². The zero-order valence-corrected chi connectivity index (χ0v) is 18.3. The van der Waals surface area contributed by atoms with Crippen molar-refractivity contribution in [1.29, 1.82) is 0 Å². The fourth-order valence-electron chi connectivity index (χ4n) is 4.19. The van der Waals surface area contributed by atoms with Crippen molar-refractivity contribution in [2.75, 3.05) is 7.11 Å². The highest BCUT2D eigenvalue weighted by Gasteiger charge is 2.36. The molecular weight excluding hydrogens is 408 g/mol. The van der Waals surface area contributed by atoms with Crippen LogP contribution in [0.5, 0.6) is 5.75 Å². The van der Waals surface area contributed by atoms with Crippen LogP contribution in [0.4, 0.5) is 0 Å². The van der Waals surface area contributed by atoms with Gasteiger partial charge < -0.3 is 9.84 Å². The zero-order valence-electron chi connectivity index (χ0n) is 18.3. The monoisotopic (exact) mass is 432 g/mol. The van der Waals surface area contributed by atoms with Crippen LogP contribution in [0.2, 0.25) is 0 Å². The molecule has 0 aliphatic carbocycles. The van der Waals surface area contributed by atoms with E-state index in [1.807, 2.05) is 109 Å². The van der Waals surface area contributed by atoms with E-state index in [2.05, 4.69) is 0 Å². The topological polar surface area (TPSA) is 55.2 Å². The summed E-state index contributed by atoms with van der Waals surface area (Å²) in [4.78, 5) is 9.77. The standard InChI is InChI=1S/C29H24N2O2/c1-33-24-18-16-23(17-19-24)29(32,20-21-10-4-2-5-11-21)27-25-14-8-9-15-26(25)30-28(31-27)22-12-6-3-7-13-22/h2-19,32H,20H2,1H3. The van der Waals surface area contributed by atoms with Crippen LogP contribution in [0.15, 0.2) is 109 Å². The number of para-hydroxylation sites is 1. The van der Waals surface area contributed by atoms with E-state index in [9.17, 15) is 5.11 Å². The maximum Gasteiger partial charge on any atom is 0.160 e. The molecule has 0 saturated heterocycles. The van der Waals surface area contributed by atoms with E-state index < -0.39 is 5.60 Å². The number of aromatic nitrogens is 2. The molecule has 1 N–H and O–H groups in total. The molecule has 1 unspecified atom stereocenters. The van der Waals surface area contributed by atoms with Crippen molar-refractivity contribution in [3.63, 3.8) is 0 Å². The van der Waals surface area contributed by atoms with Gasteiger partial charge >= 0.3 is 0 Å². The number of hydrogen-bond acceptors (Lipinski definition) is 4. The number of methoxy groups -OCH3 is 1. The van der Waals surface area contributed by atoms with Gasteiger partial charge in [0.05, 0.1) is 18.3 Å². The Labute approximate surface area is 193 Å². The molecule has 0 aliphatic rings. The summed E-state index contributed by atoms with van der Waals surface area (Å²) in [6, 6.07) is 35.2. The van der Waals surface area contributed by atoms with Crippen LogP contribution < -0.4 is 4.74 Å². The number of hydrogen-bond donors (Lipinski definition) is 1. The molecule has 5 rings (SSSR count). The minimum absolute atomic E-state index is 0.370. The third-order valence-corrected chi connectivity index (χ3v) is 5.90. The first-order valence-electron chi connectivity index (χ1n) is 10.9. The Bertz CT molecular complexity index is 1370. The predicted octanol–water partition coefficient (Wildman–Crippen LogP) is 5.78. The fraction of sp³-hybridized carbons (Fsp3) is 0.103. The molecule has 0 aliphatic heterocycles. The third kappa shape index (κ3) is 4.09. The van der Waals surface area contributed by atoms with Gasteiger partial charge in [-0.15, -0.1) is 0 Å². The average Bonchev–Trinajstić information content (AvgIpc) is 2.89. The number of rotatable bonds is 6. The SMILES string of the molecule is COc1ccc(C(O)(Cc2ccccc2)c2nc(-c3ccccc3)nc3ccccc23)cc1. The second-order valence-corrected chi connectivity index (χ2v) is 8.03. The Balaban J connectivity index is 1.77. The molecule has 4 heteroatoms. The van der Waals surface area contributed by atoms with E-state index in [1.165, 1.54) is 0 Å². The average molecular weight is 433 g/mol. The van der Waals surface area contributed by atoms with Crippen molar-refractivity contribution in [2.45, 2.75) is 12.0 Å². The first-order chi connectivity index (χ1) is 16.2.